The topological polar surface area (TPSA) is 33.0 Å². The van der Waals surface area contributed by atoms with Crippen molar-refractivity contribution in [3.05, 3.63) is 64.7 Å². The highest BCUT2D eigenvalue weighted by Crippen LogP contribution is 2.19. The number of aryl methyl sites for hydroxylation is 1. The van der Waals surface area contributed by atoms with Gasteiger partial charge in [-0.05, 0) is 42.3 Å². The lowest BCUT2D eigenvalue weighted by Gasteiger charge is -2.10. The van der Waals surface area contributed by atoms with E-state index in [2.05, 4.69) is 17.9 Å². The zero-order valence-corrected chi connectivity index (χ0v) is 12.4. The predicted octanol–water partition coefficient (Wildman–Crippen LogP) is 4.04. The first-order chi connectivity index (χ1) is 10.2. The molecule has 0 atom stereocenters. The fraction of sp³-hybridized carbons (Fsp3) is 0.167. The number of halogens is 1. The second-order valence-corrected chi connectivity index (χ2v) is 4.74. The normalized spacial score (nSPS) is 9.38. The highest BCUT2D eigenvalue weighted by atomic mass is 35.5. The van der Waals surface area contributed by atoms with E-state index in [0.29, 0.717) is 18.1 Å². The van der Waals surface area contributed by atoms with E-state index in [1.165, 1.54) is 0 Å². The number of benzene rings is 2. The number of nitriles is 1. The van der Waals surface area contributed by atoms with Crippen molar-refractivity contribution in [1.29, 1.82) is 5.26 Å². The summed E-state index contributed by atoms with van der Waals surface area (Å²) in [6, 6.07) is 15.3. The lowest BCUT2D eigenvalue weighted by molar-refractivity contribution is 0.304. The van der Waals surface area contributed by atoms with Crippen molar-refractivity contribution in [2.75, 3.05) is 5.88 Å². The van der Waals surface area contributed by atoms with Crippen LogP contribution in [0.3, 0.4) is 0 Å². The summed E-state index contributed by atoms with van der Waals surface area (Å²) in [7, 11) is 0. The van der Waals surface area contributed by atoms with E-state index in [9.17, 15) is 0 Å². The highest BCUT2D eigenvalue weighted by molar-refractivity contribution is 6.19. The third-order valence-electron chi connectivity index (χ3n) is 3.03. The van der Waals surface area contributed by atoms with Gasteiger partial charge in [0.25, 0.3) is 0 Å². The van der Waals surface area contributed by atoms with E-state index in [-0.39, 0.29) is 0 Å². The number of alkyl halides is 1. The molecule has 2 aromatic carbocycles. The quantitative estimate of drug-likeness (QED) is 0.632. The molecule has 0 saturated heterocycles. The van der Waals surface area contributed by atoms with Gasteiger partial charge in [-0.1, -0.05) is 30.0 Å². The molecule has 0 spiro atoms. The van der Waals surface area contributed by atoms with Crippen LogP contribution in [-0.4, -0.2) is 5.88 Å². The van der Waals surface area contributed by atoms with Gasteiger partial charge in [-0.2, -0.15) is 5.26 Å². The maximum Gasteiger partial charge on any atom is 0.135 e. The molecule has 0 amide bonds. The highest BCUT2D eigenvalue weighted by Gasteiger charge is 2.04. The van der Waals surface area contributed by atoms with Crippen LogP contribution in [0.2, 0.25) is 0 Å². The number of hydrogen-bond donors (Lipinski definition) is 0. The van der Waals surface area contributed by atoms with Crippen LogP contribution in [0.4, 0.5) is 0 Å². The first-order valence-electron chi connectivity index (χ1n) is 6.51. The van der Waals surface area contributed by atoms with Gasteiger partial charge in [0.1, 0.15) is 12.4 Å². The summed E-state index contributed by atoms with van der Waals surface area (Å²) in [4.78, 5) is 0. The SMILES string of the molecule is Cc1cc(C#N)ccc1COc1ccccc1C#CCCl. The molecule has 0 aliphatic carbocycles. The Balaban J connectivity index is 2.15. The van der Waals surface area contributed by atoms with Crippen LogP contribution in [0, 0.1) is 30.1 Å². The van der Waals surface area contributed by atoms with Crippen molar-refractivity contribution < 1.29 is 4.74 Å². The van der Waals surface area contributed by atoms with Crippen LogP contribution in [0.1, 0.15) is 22.3 Å². The van der Waals surface area contributed by atoms with E-state index < -0.39 is 0 Å². The first-order valence-corrected chi connectivity index (χ1v) is 7.04. The molecule has 0 fully saturated rings. The van der Waals surface area contributed by atoms with Crippen LogP contribution in [0.5, 0.6) is 5.75 Å². The van der Waals surface area contributed by atoms with Crippen molar-refractivity contribution in [1.82, 2.24) is 0 Å². The molecule has 0 N–H and O–H groups in total. The average Bonchev–Trinajstić information content (AvgIpc) is 2.52. The Morgan fingerprint density at radius 3 is 2.71 bits per heavy atom. The second kappa shape index (κ2) is 7.39. The largest absolute Gasteiger partial charge is 0.488 e. The van der Waals surface area contributed by atoms with Gasteiger partial charge in [0.15, 0.2) is 0 Å². The fourth-order valence-corrected chi connectivity index (χ4v) is 1.97. The lowest BCUT2D eigenvalue weighted by Crippen LogP contribution is -1.99. The molecule has 0 heterocycles. The van der Waals surface area contributed by atoms with Crippen LogP contribution in [0.15, 0.2) is 42.5 Å². The van der Waals surface area contributed by atoms with Gasteiger partial charge in [-0.15, -0.1) is 11.6 Å². The summed E-state index contributed by atoms with van der Waals surface area (Å²) in [6.45, 7) is 2.41. The molecule has 0 aromatic heterocycles. The van der Waals surface area contributed by atoms with E-state index in [4.69, 9.17) is 21.6 Å². The van der Waals surface area contributed by atoms with Gasteiger partial charge >= 0.3 is 0 Å². The molecule has 0 bridgehead atoms. The van der Waals surface area contributed by atoms with Gasteiger partial charge in [0.05, 0.1) is 23.1 Å². The average molecular weight is 296 g/mol. The Hall–Kier alpha value is -2.42. The Morgan fingerprint density at radius 1 is 1.19 bits per heavy atom. The van der Waals surface area contributed by atoms with Crippen LogP contribution in [0.25, 0.3) is 0 Å². The molecule has 0 radical (unpaired) electrons. The summed E-state index contributed by atoms with van der Waals surface area (Å²) < 4.78 is 5.85. The molecule has 104 valence electrons. The molecule has 0 aliphatic rings. The van der Waals surface area contributed by atoms with E-state index >= 15 is 0 Å². The number of nitrogens with zero attached hydrogens (tertiary/aromatic N) is 1. The van der Waals surface area contributed by atoms with Gasteiger partial charge in [0.2, 0.25) is 0 Å². The number of para-hydroxylation sites is 1. The number of hydrogen-bond acceptors (Lipinski definition) is 2. The van der Waals surface area contributed by atoms with Crippen LogP contribution >= 0.6 is 11.6 Å². The van der Waals surface area contributed by atoms with Crippen molar-refractivity contribution in [2.45, 2.75) is 13.5 Å². The van der Waals surface area contributed by atoms with Crippen molar-refractivity contribution in [3.63, 3.8) is 0 Å². The minimum atomic E-state index is 0.295. The molecule has 21 heavy (non-hydrogen) atoms. The van der Waals surface area contributed by atoms with Gasteiger partial charge in [-0.3, -0.25) is 0 Å². The molecular weight excluding hydrogens is 282 g/mol. The predicted molar refractivity (Wildman–Crippen MR) is 84.3 cm³/mol. The number of ether oxygens (including phenoxy) is 1. The van der Waals surface area contributed by atoms with Crippen molar-refractivity contribution >= 4 is 11.6 Å². The lowest BCUT2D eigenvalue weighted by atomic mass is 10.1. The molecule has 0 saturated carbocycles. The molecular formula is C18H14ClNO. The van der Waals surface area contributed by atoms with Crippen LogP contribution in [-0.2, 0) is 6.61 Å². The minimum absolute atomic E-state index is 0.295. The van der Waals surface area contributed by atoms with Gasteiger partial charge < -0.3 is 4.74 Å². The van der Waals surface area contributed by atoms with Crippen LogP contribution < -0.4 is 4.74 Å². The Bertz CT molecular complexity index is 735. The molecule has 2 nitrogen and oxygen atoms in total. The Morgan fingerprint density at radius 2 is 2.00 bits per heavy atom. The van der Waals surface area contributed by atoms with Crippen molar-refractivity contribution in [3.8, 4) is 23.7 Å². The van der Waals surface area contributed by atoms with Gasteiger partial charge in [0, 0.05) is 0 Å². The second-order valence-electron chi connectivity index (χ2n) is 4.47. The summed E-state index contributed by atoms with van der Waals surface area (Å²) in [6.07, 6.45) is 0. The molecule has 2 rings (SSSR count). The molecule has 0 aliphatic heterocycles. The summed E-state index contributed by atoms with van der Waals surface area (Å²) >= 11 is 5.59. The van der Waals surface area contributed by atoms with E-state index in [1.807, 2.05) is 43.3 Å². The number of rotatable bonds is 3. The first kappa shape index (κ1) is 15.0. The zero-order valence-electron chi connectivity index (χ0n) is 11.7. The monoisotopic (exact) mass is 295 g/mol. The standard InChI is InChI=1S/C18H14ClNO/c1-14-11-15(12-20)8-9-17(14)13-21-18-7-3-2-5-16(18)6-4-10-19/h2-3,5,7-9,11H,10,13H2,1H3. The Labute approximate surface area is 129 Å². The summed E-state index contributed by atoms with van der Waals surface area (Å²) in [5.41, 5.74) is 3.57. The van der Waals surface area contributed by atoms with E-state index in [1.54, 1.807) is 6.07 Å². The minimum Gasteiger partial charge on any atom is -0.488 e. The van der Waals surface area contributed by atoms with E-state index in [0.717, 1.165) is 22.4 Å². The molecule has 0 unspecified atom stereocenters. The summed E-state index contributed by atoms with van der Waals surface area (Å²) in [5, 5.41) is 8.87. The summed E-state index contributed by atoms with van der Waals surface area (Å²) in [5.74, 6) is 6.84. The third-order valence-corrected chi connectivity index (χ3v) is 3.17. The maximum atomic E-state index is 8.87. The zero-order chi connectivity index (χ0) is 15.1. The maximum absolute atomic E-state index is 8.87. The molecule has 3 heteroatoms. The fourth-order valence-electron chi connectivity index (χ4n) is 1.91. The van der Waals surface area contributed by atoms with Gasteiger partial charge in [-0.25, -0.2) is 0 Å². The molecule has 2 aromatic rings. The smallest absolute Gasteiger partial charge is 0.135 e. The third kappa shape index (κ3) is 4.02. The Kier molecular flexibility index (Phi) is 5.27. The van der Waals surface area contributed by atoms with Crippen molar-refractivity contribution in [2.24, 2.45) is 0 Å².